The molecule has 6 heteroatoms. The molecule has 0 aliphatic rings. The minimum absolute atomic E-state index is 0.0967. The van der Waals surface area contributed by atoms with Gasteiger partial charge < -0.3 is 14.2 Å². The molecule has 0 bridgehead atoms. The molecule has 404 valence electrons. The van der Waals surface area contributed by atoms with Gasteiger partial charge in [-0.3, -0.25) is 14.4 Å². The second-order valence-corrected chi connectivity index (χ2v) is 19.9. The van der Waals surface area contributed by atoms with Crippen LogP contribution >= 0.6 is 0 Å². The Kier molecular flexibility index (Phi) is 55.8. The molecule has 0 aromatic heterocycles. The van der Waals surface area contributed by atoms with Crippen LogP contribution in [0.2, 0.25) is 0 Å². The standard InChI is InChI=1S/C64H112O6/c1-4-7-10-13-16-19-22-25-28-31-32-34-36-39-42-45-48-51-54-57-63(66)69-60-61(59-68-62(65)56-53-50-47-44-41-38-35-30-27-24-21-18-15-12-9-6-3)70-64(67)58-55-52-49-46-43-40-37-33-29-26-23-20-17-14-11-8-5-2/h8,11,17,20,26,29,31-32,37,40,46,49,61H,4-7,9-10,12-16,18-19,21-25,27-28,30,33-36,38-39,41-45,47-48,50-60H2,1-3H3/b11-8-,20-17-,29-26-,32-31-,40-37-,49-46-/t61-/m1/s1. The second-order valence-electron chi connectivity index (χ2n) is 19.9. The van der Waals surface area contributed by atoms with Gasteiger partial charge in [0.2, 0.25) is 0 Å². The first kappa shape index (κ1) is 66.9. The summed E-state index contributed by atoms with van der Waals surface area (Å²) in [7, 11) is 0. The number of esters is 3. The summed E-state index contributed by atoms with van der Waals surface area (Å²) in [4.78, 5) is 38.2. The third-order valence-electron chi connectivity index (χ3n) is 12.9. The number of carbonyl (C=O) groups excluding carboxylic acids is 3. The van der Waals surface area contributed by atoms with E-state index in [0.29, 0.717) is 19.3 Å². The van der Waals surface area contributed by atoms with Crippen molar-refractivity contribution in [3.05, 3.63) is 72.9 Å². The van der Waals surface area contributed by atoms with Crippen LogP contribution in [0, 0.1) is 0 Å². The van der Waals surface area contributed by atoms with Gasteiger partial charge in [-0.2, -0.15) is 0 Å². The van der Waals surface area contributed by atoms with Crippen molar-refractivity contribution in [2.75, 3.05) is 13.2 Å². The lowest BCUT2D eigenvalue weighted by Gasteiger charge is -2.18. The number of hydrogen-bond acceptors (Lipinski definition) is 6. The van der Waals surface area contributed by atoms with Crippen LogP contribution in [-0.2, 0) is 28.6 Å². The Morgan fingerprint density at radius 1 is 0.300 bits per heavy atom. The molecule has 0 radical (unpaired) electrons. The fraction of sp³-hybridized carbons (Fsp3) is 0.766. The molecule has 70 heavy (non-hydrogen) atoms. The number of unbranched alkanes of at least 4 members (excludes halogenated alkanes) is 31. The van der Waals surface area contributed by atoms with Crippen molar-refractivity contribution in [3.8, 4) is 0 Å². The summed E-state index contributed by atoms with van der Waals surface area (Å²) in [5.41, 5.74) is 0. The molecule has 0 unspecified atom stereocenters. The van der Waals surface area contributed by atoms with Gasteiger partial charge in [-0.15, -0.1) is 0 Å². The van der Waals surface area contributed by atoms with Gasteiger partial charge in [-0.05, 0) is 83.5 Å². The van der Waals surface area contributed by atoms with E-state index in [1.807, 2.05) is 0 Å². The van der Waals surface area contributed by atoms with Crippen molar-refractivity contribution in [1.82, 2.24) is 0 Å². The highest BCUT2D eigenvalue weighted by molar-refractivity contribution is 5.71. The molecule has 0 saturated carbocycles. The maximum Gasteiger partial charge on any atom is 0.306 e. The van der Waals surface area contributed by atoms with Gasteiger partial charge in [0.15, 0.2) is 6.10 Å². The average molecular weight is 978 g/mol. The summed E-state index contributed by atoms with van der Waals surface area (Å²) in [5, 5.41) is 0. The Morgan fingerprint density at radius 3 is 0.929 bits per heavy atom. The zero-order valence-electron chi connectivity index (χ0n) is 46.3. The van der Waals surface area contributed by atoms with E-state index >= 15 is 0 Å². The second kappa shape index (κ2) is 58.4. The average Bonchev–Trinajstić information content (AvgIpc) is 3.36. The van der Waals surface area contributed by atoms with Crippen LogP contribution in [0.3, 0.4) is 0 Å². The van der Waals surface area contributed by atoms with E-state index in [4.69, 9.17) is 14.2 Å². The van der Waals surface area contributed by atoms with Gasteiger partial charge in [-0.25, -0.2) is 0 Å². The first-order valence-electron chi connectivity index (χ1n) is 29.9. The van der Waals surface area contributed by atoms with Gasteiger partial charge in [0.25, 0.3) is 0 Å². The highest BCUT2D eigenvalue weighted by Gasteiger charge is 2.19. The highest BCUT2D eigenvalue weighted by Crippen LogP contribution is 2.16. The van der Waals surface area contributed by atoms with Crippen LogP contribution in [-0.4, -0.2) is 37.2 Å². The van der Waals surface area contributed by atoms with E-state index in [0.717, 1.165) is 77.0 Å². The summed E-state index contributed by atoms with van der Waals surface area (Å²) >= 11 is 0. The van der Waals surface area contributed by atoms with Gasteiger partial charge in [0, 0.05) is 19.3 Å². The fourth-order valence-corrected chi connectivity index (χ4v) is 8.47. The number of rotatable bonds is 54. The zero-order chi connectivity index (χ0) is 50.7. The predicted octanol–water partition coefficient (Wildman–Crippen LogP) is 20.2. The fourth-order valence-electron chi connectivity index (χ4n) is 8.47. The molecule has 0 N–H and O–H groups in total. The van der Waals surface area contributed by atoms with Crippen LogP contribution in [0.5, 0.6) is 0 Å². The zero-order valence-corrected chi connectivity index (χ0v) is 46.3. The topological polar surface area (TPSA) is 78.9 Å². The molecule has 0 aromatic rings. The third kappa shape index (κ3) is 55.8. The molecule has 0 aromatic carbocycles. The molecule has 6 nitrogen and oxygen atoms in total. The summed E-state index contributed by atoms with van der Waals surface area (Å²) in [6.45, 7) is 6.51. The largest absolute Gasteiger partial charge is 0.462 e. The van der Waals surface area contributed by atoms with Crippen LogP contribution in [0.4, 0.5) is 0 Å². The Labute approximate surface area is 433 Å². The van der Waals surface area contributed by atoms with Gasteiger partial charge in [0.05, 0.1) is 0 Å². The van der Waals surface area contributed by atoms with Gasteiger partial charge in [0.1, 0.15) is 13.2 Å². The normalized spacial score (nSPS) is 12.6. The molecular formula is C64H112O6. The number of allylic oxidation sites excluding steroid dienone is 12. The van der Waals surface area contributed by atoms with Crippen molar-refractivity contribution in [3.63, 3.8) is 0 Å². The van der Waals surface area contributed by atoms with Gasteiger partial charge >= 0.3 is 17.9 Å². The predicted molar refractivity (Wildman–Crippen MR) is 302 cm³/mol. The molecule has 0 fully saturated rings. The number of hydrogen-bond donors (Lipinski definition) is 0. The molecule has 0 heterocycles. The first-order valence-corrected chi connectivity index (χ1v) is 29.9. The smallest absolute Gasteiger partial charge is 0.306 e. The van der Waals surface area contributed by atoms with Crippen LogP contribution < -0.4 is 0 Å². The van der Waals surface area contributed by atoms with Crippen molar-refractivity contribution >= 4 is 17.9 Å². The third-order valence-corrected chi connectivity index (χ3v) is 12.9. The Bertz CT molecular complexity index is 1310. The van der Waals surface area contributed by atoms with Crippen LogP contribution in [0.25, 0.3) is 0 Å². The number of ether oxygens (including phenoxy) is 3. The minimum atomic E-state index is -0.806. The maximum absolute atomic E-state index is 12.8. The van der Waals surface area contributed by atoms with Crippen molar-refractivity contribution in [2.24, 2.45) is 0 Å². The van der Waals surface area contributed by atoms with E-state index in [-0.39, 0.29) is 37.5 Å². The number of carbonyl (C=O) groups is 3. The maximum atomic E-state index is 12.8. The molecule has 0 saturated heterocycles. The summed E-state index contributed by atoms with van der Waals surface area (Å²) < 4.78 is 16.8. The Morgan fingerprint density at radius 2 is 0.571 bits per heavy atom. The van der Waals surface area contributed by atoms with Crippen LogP contribution in [0.15, 0.2) is 72.9 Å². The summed E-state index contributed by atoms with van der Waals surface area (Å²) in [6, 6.07) is 0. The van der Waals surface area contributed by atoms with Crippen molar-refractivity contribution < 1.29 is 28.6 Å². The van der Waals surface area contributed by atoms with E-state index in [1.165, 1.54) is 173 Å². The molecule has 0 rings (SSSR count). The summed E-state index contributed by atoms with van der Waals surface area (Å²) in [5.74, 6) is -0.948. The monoisotopic (exact) mass is 977 g/mol. The van der Waals surface area contributed by atoms with E-state index < -0.39 is 6.10 Å². The van der Waals surface area contributed by atoms with Crippen molar-refractivity contribution in [2.45, 2.75) is 303 Å². The molecule has 1 atom stereocenters. The lowest BCUT2D eigenvalue weighted by atomic mass is 10.0. The minimum Gasteiger partial charge on any atom is -0.462 e. The van der Waals surface area contributed by atoms with E-state index in [1.54, 1.807) is 0 Å². The highest BCUT2D eigenvalue weighted by atomic mass is 16.6. The van der Waals surface area contributed by atoms with Crippen LogP contribution in [0.1, 0.15) is 297 Å². The van der Waals surface area contributed by atoms with E-state index in [2.05, 4.69) is 93.7 Å². The Hall–Kier alpha value is -3.15. The molecule has 0 spiro atoms. The van der Waals surface area contributed by atoms with Crippen molar-refractivity contribution in [1.29, 1.82) is 0 Å². The SMILES string of the molecule is CC/C=C\C/C=C\C/C=C\C/C=C\C/C=C\CCCC(=O)O[C@@H](COC(=O)CCCCCCCCC/C=C\CCCCCCCCCC)COC(=O)CCCCCCCCCCCCCCCCCC. The first-order chi connectivity index (χ1) is 34.5. The lowest BCUT2D eigenvalue weighted by Crippen LogP contribution is -2.30. The Balaban J connectivity index is 4.44. The van der Waals surface area contributed by atoms with E-state index in [9.17, 15) is 14.4 Å². The molecule has 0 aliphatic carbocycles. The molecule has 0 aliphatic heterocycles. The summed E-state index contributed by atoms with van der Waals surface area (Å²) in [6.07, 6.45) is 74.7. The molecule has 0 amide bonds. The molecular weight excluding hydrogens is 865 g/mol. The lowest BCUT2D eigenvalue weighted by molar-refractivity contribution is -0.167. The van der Waals surface area contributed by atoms with Gasteiger partial charge in [-0.1, -0.05) is 267 Å². The quantitative estimate of drug-likeness (QED) is 0.0261.